The molecule has 1 aliphatic heterocycles. The van der Waals surface area contributed by atoms with Gasteiger partial charge in [-0.05, 0) is 38.5 Å². The van der Waals surface area contributed by atoms with Crippen molar-refractivity contribution in [3.05, 3.63) is 70.5 Å². The van der Waals surface area contributed by atoms with E-state index in [4.69, 9.17) is 4.98 Å². The first-order valence-electron chi connectivity index (χ1n) is 11.2. The lowest BCUT2D eigenvalue weighted by molar-refractivity contribution is -0.132. The van der Waals surface area contributed by atoms with Crippen molar-refractivity contribution in [1.29, 1.82) is 0 Å². The van der Waals surface area contributed by atoms with Gasteiger partial charge in [0.05, 0.1) is 16.2 Å². The Morgan fingerprint density at radius 2 is 1.62 bits per heavy atom. The lowest BCUT2D eigenvalue weighted by Gasteiger charge is -2.36. The molecule has 1 aliphatic rings. The van der Waals surface area contributed by atoms with Crippen LogP contribution >= 0.6 is 11.8 Å². The monoisotopic (exact) mass is 450 g/mol. The van der Waals surface area contributed by atoms with Gasteiger partial charge in [-0.3, -0.25) is 19.1 Å². The minimum atomic E-state index is -0.311. The molecule has 1 fully saturated rings. The summed E-state index contributed by atoms with van der Waals surface area (Å²) in [6.07, 6.45) is 0. The predicted octanol–water partition coefficient (Wildman–Crippen LogP) is 3.80. The summed E-state index contributed by atoms with van der Waals surface area (Å²) in [5.41, 5.74) is 1.92. The molecule has 168 valence electrons. The number of benzene rings is 2. The molecular weight excluding hydrogens is 420 g/mol. The molecule has 2 heterocycles. The Morgan fingerprint density at radius 3 is 2.31 bits per heavy atom. The zero-order valence-electron chi connectivity index (χ0n) is 18.9. The molecule has 2 aromatic carbocycles. The highest BCUT2D eigenvalue weighted by Gasteiger charge is 2.27. The second-order valence-electron chi connectivity index (χ2n) is 8.53. The maximum Gasteiger partial charge on any atom is 0.262 e. The van der Waals surface area contributed by atoms with Crippen LogP contribution in [0.25, 0.3) is 10.9 Å². The van der Waals surface area contributed by atoms with Gasteiger partial charge in [-0.15, -0.1) is 0 Å². The molecule has 0 N–H and O–H groups in total. The number of carbonyl (C=O) groups excluding carboxylic acids is 1. The molecule has 0 unspecified atom stereocenters. The second kappa shape index (κ2) is 9.88. The minimum absolute atomic E-state index is 0.0362. The average Bonchev–Trinajstić information content (AvgIpc) is 2.79. The Balaban J connectivity index is 1.43. The third-order valence-electron chi connectivity index (χ3n) is 5.85. The quantitative estimate of drug-likeness (QED) is 0.422. The summed E-state index contributed by atoms with van der Waals surface area (Å²) >= 11 is 1.38. The fourth-order valence-corrected chi connectivity index (χ4v) is 5.22. The molecule has 1 aromatic heterocycles. The van der Waals surface area contributed by atoms with Crippen molar-refractivity contribution in [2.75, 3.05) is 26.2 Å². The molecule has 0 radical (unpaired) electrons. The topological polar surface area (TPSA) is 58.4 Å². The number of amides is 1. The van der Waals surface area contributed by atoms with Crippen LogP contribution in [0.15, 0.2) is 64.5 Å². The van der Waals surface area contributed by atoms with Gasteiger partial charge in [0.25, 0.3) is 5.56 Å². The van der Waals surface area contributed by atoms with E-state index in [-0.39, 0.29) is 22.8 Å². The summed E-state index contributed by atoms with van der Waals surface area (Å²) in [6, 6.07) is 17.8. The highest BCUT2D eigenvalue weighted by Crippen LogP contribution is 2.26. The third-order valence-corrected chi connectivity index (χ3v) is 6.91. The molecule has 1 saturated heterocycles. The Labute approximate surface area is 193 Å². The zero-order valence-corrected chi connectivity index (χ0v) is 19.7. The summed E-state index contributed by atoms with van der Waals surface area (Å²) in [4.78, 5) is 35.3. The maximum absolute atomic E-state index is 13.2. The van der Waals surface area contributed by atoms with E-state index in [2.05, 4.69) is 29.2 Å². The number of fused-ring (bicyclic) bond motifs is 1. The van der Waals surface area contributed by atoms with Crippen LogP contribution in [0.5, 0.6) is 0 Å². The van der Waals surface area contributed by atoms with Crippen LogP contribution in [0, 0.1) is 0 Å². The molecule has 4 rings (SSSR count). The molecular formula is C25H30N4O2S. The standard InChI is InChI=1S/C25H30N4O2S/c1-18(2)29-24(31)21-11-7-8-12-22(21)26-25(29)32-19(3)23(30)28-15-13-27(14-16-28)17-20-9-5-4-6-10-20/h4-12,18-19H,13-17H2,1-3H3/t19-/m1/s1. The summed E-state index contributed by atoms with van der Waals surface area (Å²) in [5.74, 6) is 0.104. The van der Waals surface area contributed by atoms with E-state index < -0.39 is 0 Å². The van der Waals surface area contributed by atoms with E-state index in [0.717, 1.165) is 32.7 Å². The smallest absolute Gasteiger partial charge is 0.262 e. The zero-order chi connectivity index (χ0) is 22.7. The van der Waals surface area contributed by atoms with Crippen LogP contribution < -0.4 is 5.56 Å². The van der Waals surface area contributed by atoms with Gasteiger partial charge in [0, 0.05) is 38.8 Å². The Kier molecular flexibility index (Phi) is 6.96. The van der Waals surface area contributed by atoms with Crippen molar-refractivity contribution >= 4 is 28.6 Å². The Hall–Kier alpha value is -2.64. The molecule has 0 saturated carbocycles. The predicted molar refractivity (Wildman–Crippen MR) is 130 cm³/mol. The SMILES string of the molecule is CC(C)n1c(S[C@H](C)C(=O)N2CCN(Cc3ccccc3)CC2)nc2ccccc2c1=O. The number of hydrogen-bond acceptors (Lipinski definition) is 5. The van der Waals surface area contributed by atoms with Crippen LogP contribution in [-0.2, 0) is 11.3 Å². The van der Waals surface area contributed by atoms with Crippen molar-refractivity contribution in [2.24, 2.45) is 0 Å². The molecule has 32 heavy (non-hydrogen) atoms. The van der Waals surface area contributed by atoms with Gasteiger partial charge in [-0.1, -0.05) is 54.2 Å². The summed E-state index contributed by atoms with van der Waals surface area (Å²) in [6.45, 7) is 9.94. The van der Waals surface area contributed by atoms with E-state index in [1.54, 1.807) is 4.57 Å². The number of nitrogens with zero attached hydrogens (tertiary/aromatic N) is 4. The van der Waals surface area contributed by atoms with Gasteiger partial charge < -0.3 is 4.90 Å². The molecule has 1 amide bonds. The van der Waals surface area contributed by atoms with Gasteiger partial charge in [0.15, 0.2) is 5.16 Å². The van der Waals surface area contributed by atoms with E-state index >= 15 is 0 Å². The summed E-state index contributed by atoms with van der Waals surface area (Å²) in [7, 11) is 0. The molecule has 0 aliphatic carbocycles. The van der Waals surface area contributed by atoms with Gasteiger partial charge in [0.1, 0.15) is 0 Å². The van der Waals surface area contributed by atoms with E-state index in [0.29, 0.717) is 16.1 Å². The Morgan fingerprint density at radius 1 is 0.969 bits per heavy atom. The van der Waals surface area contributed by atoms with Gasteiger partial charge in [0.2, 0.25) is 5.91 Å². The van der Waals surface area contributed by atoms with Crippen molar-refractivity contribution in [2.45, 2.75) is 43.8 Å². The highest BCUT2D eigenvalue weighted by atomic mass is 32.2. The first-order valence-corrected chi connectivity index (χ1v) is 12.0. The van der Waals surface area contributed by atoms with Crippen LogP contribution in [0.3, 0.4) is 0 Å². The van der Waals surface area contributed by atoms with Crippen molar-refractivity contribution in [3.63, 3.8) is 0 Å². The van der Waals surface area contributed by atoms with E-state index in [1.807, 2.05) is 56.0 Å². The number of hydrogen-bond donors (Lipinski definition) is 0. The van der Waals surface area contributed by atoms with Crippen LogP contribution in [0.1, 0.15) is 32.4 Å². The average molecular weight is 451 g/mol. The first kappa shape index (κ1) is 22.6. The number of rotatable bonds is 6. The minimum Gasteiger partial charge on any atom is -0.339 e. The fourth-order valence-electron chi connectivity index (χ4n) is 4.10. The van der Waals surface area contributed by atoms with Gasteiger partial charge in [-0.2, -0.15) is 0 Å². The summed E-state index contributed by atoms with van der Waals surface area (Å²) < 4.78 is 1.70. The maximum atomic E-state index is 13.2. The van der Waals surface area contributed by atoms with Crippen LogP contribution in [-0.4, -0.2) is 56.7 Å². The first-order chi connectivity index (χ1) is 15.4. The second-order valence-corrected chi connectivity index (χ2v) is 9.84. The van der Waals surface area contributed by atoms with Crippen molar-refractivity contribution in [1.82, 2.24) is 19.4 Å². The molecule has 6 nitrogen and oxygen atoms in total. The molecule has 3 aromatic rings. The van der Waals surface area contributed by atoms with Gasteiger partial charge >= 0.3 is 0 Å². The molecule has 0 spiro atoms. The molecule has 0 bridgehead atoms. The Bertz CT molecular complexity index is 1140. The number of carbonyl (C=O) groups is 1. The third kappa shape index (κ3) is 4.89. The fraction of sp³-hybridized carbons (Fsp3) is 0.400. The highest BCUT2D eigenvalue weighted by molar-refractivity contribution is 8.00. The number of thioether (sulfide) groups is 1. The number of aromatic nitrogens is 2. The lowest BCUT2D eigenvalue weighted by atomic mass is 10.2. The molecule has 1 atom stereocenters. The van der Waals surface area contributed by atoms with Crippen molar-refractivity contribution in [3.8, 4) is 0 Å². The van der Waals surface area contributed by atoms with Crippen LogP contribution in [0.4, 0.5) is 0 Å². The van der Waals surface area contributed by atoms with Crippen molar-refractivity contribution < 1.29 is 4.79 Å². The lowest BCUT2D eigenvalue weighted by Crippen LogP contribution is -2.50. The number of piperazine rings is 1. The summed E-state index contributed by atoms with van der Waals surface area (Å²) in [5, 5.41) is 0.903. The normalized spacial score (nSPS) is 15.9. The largest absolute Gasteiger partial charge is 0.339 e. The van der Waals surface area contributed by atoms with Crippen LogP contribution in [0.2, 0.25) is 0 Å². The number of para-hydroxylation sites is 1. The van der Waals surface area contributed by atoms with E-state index in [1.165, 1.54) is 17.3 Å². The molecule has 7 heteroatoms. The van der Waals surface area contributed by atoms with Gasteiger partial charge in [-0.25, -0.2) is 4.98 Å². The van der Waals surface area contributed by atoms with E-state index in [9.17, 15) is 9.59 Å².